The van der Waals surface area contributed by atoms with Gasteiger partial charge in [-0.1, -0.05) is 30.3 Å². The lowest BCUT2D eigenvalue weighted by atomic mass is 10.2. The smallest absolute Gasteiger partial charge is 0.251 e. The van der Waals surface area contributed by atoms with E-state index in [-0.39, 0.29) is 22.6 Å². The van der Waals surface area contributed by atoms with Crippen LogP contribution in [0.4, 0.5) is 0 Å². The van der Waals surface area contributed by atoms with Gasteiger partial charge in [0.05, 0.1) is 7.11 Å². The second-order valence-corrected chi connectivity index (χ2v) is 10.7. The number of hydrogen-bond acceptors (Lipinski definition) is 6. The lowest BCUT2D eigenvalue weighted by Gasteiger charge is -2.34. The number of nitrogens with one attached hydrogen (secondary N) is 2. The lowest BCUT2D eigenvalue weighted by Crippen LogP contribution is -2.46. The van der Waals surface area contributed by atoms with Crippen LogP contribution < -0.4 is 14.8 Å². The maximum Gasteiger partial charge on any atom is 0.251 e. The molecular weight excluding hydrogens is 452 g/mol. The Balaban J connectivity index is 1.21. The molecule has 1 amide bonds. The summed E-state index contributed by atoms with van der Waals surface area (Å²) in [6.45, 7) is 6.58. The molecule has 1 heterocycles. The molecule has 1 saturated heterocycles. The highest BCUT2D eigenvalue weighted by Gasteiger charge is 2.30. The van der Waals surface area contributed by atoms with E-state index in [1.54, 1.807) is 6.07 Å². The van der Waals surface area contributed by atoms with Crippen LogP contribution in [0.25, 0.3) is 0 Å². The normalized spacial score (nSPS) is 17.4. The number of ether oxygens (including phenoxy) is 1. The summed E-state index contributed by atoms with van der Waals surface area (Å²) in [6, 6.07) is 15.0. The monoisotopic (exact) mass is 486 g/mol. The highest BCUT2D eigenvalue weighted by Crippen LogP contribution is 2.28. The molecule has 4 rings (SSSR count). The van der Waals surface area contributed by atoms with E-state index in [1.165, 1.54) is 24.8 Å². The first-order valence-electron chi connectivity index (χ1n) is 11.9. The van der Waals surface area contributed by atoms with Crippen molar-refractivity contribution < 1.29 is 17.9 Å². The van der Waals surface area contributed by atoms with Gasteiger partial charge in [-0.2, -0.15) is 0 Å². The average molecular weight is 487 g/mol. The third-order valence-electron chi connectivity index (χ3n) is 6.27. The van der Waals surface area contributed by atoms with Crippen molar-refractivity contribution in [3.05, 3.63) is 59.7 Å². The fourth-order valence-electron chi connectivity index (χ4n) is 4.13. The first-order chi connectivity index (χ1) is 16.4. The topological polar surface area (TPSA) is 91.0 Å². The molecule has 2 aromatic carbocycles. The van der Waals surface area contributed by atoms with Gasteiger partial charge in [-0.3, -0.25) is 9.69 Å². The molecule has 8 nitrogen and oxygen atoms in total. The Bertz CT molecular complexity index is 1070. The molecule has 2 fully saturated rings. The minimum absolute atomic E-state index is 0.00271. The second kappa shape index (κ2) is 11.3. The summed E-state index contributed by atoms with van der Waals surface area (Å²) in [6.07, 6.45) is 2.52. The second-order valence-electron chi connectivity index (χ2n) is 8.97. The molecule has 0 spiro atoms. The van der Waals surface area contributed by atoms with Gasteiger partial charge in [0, 0.05) is 50.9 Å². The van der Waals surface area contributed by atoms with Crippen LogP contribution in [-0.4, -0.2) is 76.5 Å². The molecule has 1 aliphatic carbocycles. The van der Waals surface area contributed by atoms with Gasteiger partial charge in [0.25, 0.3) is 5.91 Å². The Morgan fingerprint density at radius 3 is 2.41 bits per heavy atom. The van der Waals surface area contributed by atoms with E-state index < -0.39 is 10.0 Å². The van der Waals surface area contributed by atoms with E-state index in [0.717, 1.165) is 58.5 Å². The minimum atomic E-state index is -3.73. The molecule has 0 radical (unpaired) electrons. The highest BCUT2D eigenvalue weighted by molar-refractivity contribution is 7.89. The van der Waals surface area contributed by atoms with Gasteiger partial charge in [-0.15, -0.1) is 0 Å². The third kappa shape index (κ3) is 6.79. The van der Waals surface area contributed by atoms with Gasteiger partial charge in [0.1, 0.15) is 10.6 Å². The molecule has 1 saturated carbocycles. The van der Waals surface area contributed by atoms with Crippen LogP contribution in [0.1, 0.15) is 35.2 Å². The summed E-state index contributed by atoms with van der Waals surface area (Å²) in [5.41, 5.74) is 1.66. The third-order valence-corrected chi connectivity index (χ3v) is 7.81. The molecule has 0 atom stereocenters. The molecule has 2 aromatic rings. The number of nitrogens with zero attached hydrogens (tertiary/aromatic N) is 2. The van der Waals surface area contributed by atoms with Crippen LogP contribution in [0.15, 0.2) is 53.4 Å². The number of hydrogen-bond donors (Lipinski definition) is 2. The predicted octanol–water partition coefficient (Wildman–Crippen LogP) is 2.07. The summed E-state index contributed by atoms with van der Waals surface area (Å²) in [4.78, 5) is 17.5. The molecule has 9 heteroatoms. The van der Waals surface area contributed by atoms with Crippen molar-refractivity contribution >= 4 is 15.9 Å². The Kier molecular flexibility index (Phi) is 8.20. The molecule has 2 N–H and O–H groups in total. The molecule has 34 heavy (non-hydrogen) atoms. The number of benzene rings is 2. The van der Waals surface area contributed by atoms with Gasteiger partial charge in [-0.25, -0.2) is 13.1 Å². The van der Waals surface area contributed by atoms with Crippen LogP contribution >= 0.6 is 0 Å². The molecule has 0 bridgehead atoms. The van der Waals surface area contributed by atoms with Crippen LogP contribution in [0.3, 0.4) is 0 Å². The summed E-state index contributed by atoms with van der Waals surface area (Å²) in [7, 11) is -2.30. The van der Waals surface area contributed by atoms with Gasteiger partial charge in [0.15, 0.2) is 0 Å². The predicted molar refractivity (Wildman–Crippen MR) is 131 cm³/mol. The average Bonchev–Trinajstić information content (AvgIpc) is 3.66. The van der Waals surface area contributed by atoms with Gasteiger partial charge in [-0.05, 0) is 49.6 Å². The number of piperazine rings is 1. The van der Waals surface area contributed by atoms with E-state index in [2.05, 4.69) is 44.1 Å². The number of rotatable bonds is 11. The van der Waals surface area contributed by atoms with Crippen LogP contribution in [0, 0.1) is 0 Å². The Hall–Kier alpha value is -2.46. The molecular formula is C25H34N4O4S. The van der Waals surface area contributed by atoms with Crippen molar-refractivity contribution in [3.63, 3.8) is 0 Å². The summed E-state index contributed by atoms with van der Waals surface area (Å²) in [5.74, 6) is -0.0469. The van der Waals surface area contributed by atoms with E-state index >= 15 is 0 Å². The van der Waals surface area contributed by atoms with E-state index in [4.69, 9.17) is 4.74 Å². The molecule has 0 unspecified atom stereocenters. The zero-order valence-corrected chi connectivity index (χ0v) is 20.5. The minimum Gasteiger partial charge on any atom is -0.495 e. The van der Waals surface area contributed by atoms with Crippen LogP contribution in [0.5, 0.6) is 5.75 Å². The maximum absolute atomic E-state index is 12.7. The van der Waals surface area contributed by atoms with E-state index in [0.29, 0.717) is 12.1 Å². The fraction of sp³-hybridized carbons (Fsp3) is 0.480. The van der Waals surface area contributed by atoms with Crippen molar-refractivity contribution in [1.82, 2.24) is 19.8 Å². The first-order valence-corrected chi connectivity index (χ1v) is 13.4. The summed E-state index contributed by atoms with van der Waals surface area (Å²) >= 11 is 0. The molecule has 184 valence electrons. The highest BCUT2D eigenvalue weighted by atomic mass is 32.2. The SMILES string of the molecule is COc1ccc(C(=O)NCCCN2CCN(Cc3ccccc3)CC2)cc1S(=O)(=O)NC1CC1. The van der Waals surface area contributed by atoms with Crippen molar-refractivity contribution in [2.75, 3.05) is 46.4 Å². The number of sulfonamides is 1. The van der Waals surface area contributed by atoms with Crippen molar-refractivity contribution in [1.29, 1.82) is 0 Å². The summed E-state index contributed by atoms with van der Waals surface area (Å²) < 4.78 is 33.2. The van der Waals surface area contributed by atoms with Crippen molar-refractivity contribution in [2.45, 2.75) is 36.7 Å². The Morgan fingerprint density at radius 2 is 1.74 bits per heavy atom. The van der Waals surface area contributed by atoms with Crippen molar-refractivity contribution in [3.8, 4) is 5.75 Å². The Morgan fingerprint density at radius 1 is 1.03 bits per heavy atom. The van der Waals surface area contributed by atoms with E-state index in [9.17, 15) is 13.2 Å². The zero-order valence-electron chi connectivity index (χ0n) is 19.7. The molecule has 2 aliphatic rings. The van der Waals surface area contributed by atoms with Crippen LogP contribution in [-0.2, 0) is 16.6 Å². The van der Waals surface area contributed by atoms with E-state index in [1.807, 2.05) is 6.07 Å². The largest absolute Gasteiger partial charge is 0.495 e. The number of carbonyl (C=O) groups excluding carboxylic acids is 1. The molecule has 0 aromatic heterocycles. The Labute approximate surface area is 202 Å². The molecule has 1 aliphatic heterocycles. The maximum atomic E-state index is 12.7. The zero-order chi connectivity index (χ0) is 24.0. The standard InChI is InChI=1S/C25H34N4O4S/c1-33-23-11-8-21(18-24(23)34(31,32)27-22-9-10-22)25(30)26-12-5-13-28-14-16-29(17-15-28)19-20-6-3-2-4-7-20/h2-4,6-8,11,18,22,27H,5,9-10,12-17,19H2,1H3,(H,26,30). The fourth-order valence-corrected chi connectivity index (χ4v) is 5.63. The number of methoxy groups -OCH3 is 1. The van der Waals surface area contributed by atoms with Crippen LogP contribution in [0.2, 0.25) is 0 Å². The quantitative estimate of drug-likeness (QED) is 0.473. The number of amides is 1. The van der Waals surface area contributed by atoms with Gasteiger partial charge >= 0.3 is 0 Å². The van der Waals surface area contributed by atoms with Gasteiger partial charge in [0.2, 0.25) is 10.0 Å². The van der Waals surface area contributed by atoms with Crippen molar-refractivity contribution in [2.24, 2.45) is 0 Å². The van der Waals surface area contributed by atoms with Gasteiger partial charge < -0.3 is 15.0 Å². The first kappa shape index (κ1) is 24.7. The summed E-state index contributed by atoms with van der Waals surface area (Å²) in [5, 5.41) is 2.92. The number of carbonyl (C=O) groups is 1. The lowest BCUT2D eigenvalue weighted by molar-refractivity contribution is 0.0947.